The van der Waals surface area contributed by atoms with Gasteiger partial charge in [0, 0.05) is 23.6 Å². The van der Waals surface area contributed by atoms with E-state index in [0.717, 1.165) is 51.4 Å². The smallest absolute Gasteiger partial charge is 0.223 e. The summed E-state index contributed by atoms with van der Waals surface area (Å²) in [7, 11) is -3.44. The van der Waals surface area contributed by atoms with E-state index in [-0.39, 0.29) is 46.6 Å². The molecule has 0 heterocycles. The monoisotopic (exact) mass is 450 g/mol. The third kappa shape index (κ3) is 4.95. The van der Waals surface area contributed by atoms with Crippen molar-refractivity contribution in [2.45, 2.75) is 61.8 Å². The Bertz CT molecular complexity index is 930. The van der Waals surface area contributed by atoms with E-state index in [4.69, 9.17) is 10.5 Å². The molecule has 4 fully saturated rings. The second-order valence-electron chi connectivity index (χ2n) is 9.53. The van der Waals surface area contributed by atoms with E-state index in [0.29, 0.717) is 17.7 Å². The minimum Gasteiger partial charge on any atom is -0.489 e. The maximum atomic E-state index is 13.1. The topological polar surface area (TPSA) is 98.5 Å². The molecule has 1 aromatic rings. The first kappa shape index (κ1) is 22.3. The minimum atomic E-state index is -3.44. The highest BCUT2D eigenvalue weighted by Crippen LogP contribution is 2.53. The third-order valence-corrected chi connectivity index (χ3v) is 9.24. The highest BCUT2D eigenvalue weighted by molar-refractivity contribution is 7.91. The third-order valence-electron chi connectivity index (χ3n) is 7.26. The van der Waals surface area contributed by atoms with Gasteiger partial charge in [-0.2, -0.15) is 0 Å². The maximum Gasteiger partial charge on any atom is 0.223 e. The number of benzene rings is 1. The molecule has 8 heteroatoms. The zero-order chi connectivity index (χ0) is 22.1. The van der Waals surface area contributed by atoms with Crippen LogP contribution in [0.5, 0.6) is 5.75 Å². The maximum absolute atomic E-state index is 13.1. The number of amides is 1. The summed E-state index contributed by atoms with van der Waals surface area (Å²) in [6, 6.07) is 6.29. The summed E-state index contributed by atoms with van der Waals surface area (Å²) in [5.74, 6) is 0.987. The molecule has 3 N–H and O–H groups in total. The fourth-order valence-electron chi connectivity index (χ4n) is 4.92. The van der Waals surface area contributed by atoms with Gasteiger partial charge in [-0.15, -0.1) is 0 Å². The van der Waals surface area contributed by atoms with Gasteiger partial charge in [0.25, 0.3) is 0 Å². The van der Waals surface area contributed by atoms with Crippen LogP contribution in [0.3, 0.4) is 0 Å². The lowest BCUT2D eigenvalue weighted by Gasteiger charge is -2.53. The van der Waals surface area contributed by atoms with Crippen LogP contribution in [-0.2, 0) is 14.6 Å². The largest absolute Gasteiger partial charge is 0.489 e. The number of carbonyl (C=O) groups excluding carboxylic acids is 1. The molecular weight excluding hydrogens is 419 g/mol. The molecule has 2 bridgehead atoms. The molecule has 4 saturated carbocycles. The fourth-order valence-corrected chi connectivity index (χ4v) is 6.87. The van der Waals surface area contributed by atoms with Crippen molar-refractivity contribution < 1.29 is 22.3 Å². The Labute approximate surface area is 183 Å². The van der Waals surface area contributed by atoms with E-state index in [2.05, 4.69) is 5.32 Å². The molecule has 5 rings (SSSR count). The van der Waals surface area contributed by atoms with Gasteiger partial charge in [-0.05, 0) is 81.0 Å². The number of ether oxygens (including phenoxy) is 1. The van der Waals surface area contributed by atoms with Crippen LogP contribution in [-0.4, -0.2) is 38.8 Å². The number of halogens is 1. The van der Waals surface area contributed by atoms with Crippen LogP contribution >= 0.6 is 0 Å². The highest BCUT2D eigenvalue weighted by Gasteiger charge is 2.51. The standard InChI is InChI=1S/C23H31FN2O4S/c24-13-17(14-25)15-30-19-3-5-20(6-4-19)31(28,29)16-22-7-10-23(11-8-22,12-9-22)26-21(27)18-1-2-18/h3-6,13,18H,1-2,7-12,14-16,25H2,(H,26,27). The van der Waals surface area contributed by atoms with Crippen LogP contribution in [0.2, 0.25) is 0 Å². The molecule has 31 heavy (non-hydrogen) atoms. The highest BCUT2D eigenvalue weighted by atomic mass is 32.2. The van der Waals surface area contributed by atoms with Crippen molar-refractivity contribution in [3.8, 4) is 5.75 Å². The predicted molar refractivity (Wildman–Crippen MR) is 116 cm³/mol. The normalized spacial score (nSPS) is 28.4. The molecular formula is C23H31FN2O4S. The van der Waals surface area contributed by atoms with Gasteiger partial charge in [0.15, 0.2) is 9.84 Å². The fraction of sp³-hybridized carbons (Fsp3) is 0.609. The minimum absolute atomic E-state index is 0.0290. The molecule has 0 saturated heterocycles. The second kappa shape index (κ2) is 8.54. The number of hydrogen-bond acceptors (Lipinski definition) is 5. The first-order valence-electron chi connectivity index (χ1n) is 11.0. The molecule has 0 spiro atoms. The van der Waals surface area contributed by atoms with Gasteiger partial charge in [0.2, 0.25) is 5.91 Å². The van der Waals surface area contributed by atoms with E-state index >= 15 is 0 Å². The van der Waals surface area contributed by atoms with Crippen molar-refractivity contribution in [2.75, 3.05) is 18.9 Å². The van der Waals surface area contributed by atoms with Crippen LogP contribution in [0.4, 0.5) is 4.39 Å². The number of carbonyl (C=O) groups is 1. The summed E-state index contributed by atoms with van der Waals surface area (Å²) in [6.07, 6.45) is 7.49. The average molecular weight is 451 g/mol. The Morgan fingerprint density at radius 3 is 2.26 bits per heavy atom. The molecule has 1 aromatic carbocycles. The molecule has 4 aliphatic carbocycles. The van der Waals surface area contributed by atoms with Gasteiger partial charge in [-0.1, -0.05) is 0 Å². The Kier molecular flexibility index (Phi) is 6.14. The second-order valence-corrected chi connectivity index (χ2v) is 11.5. The van der Waals surface area contributed by atoms with Crippen molar-refractivity contribution in [1.82, 2.24) is 5.32 Å². The first-order chi connectivity index (χ1) is 14.8. The Morgan fingerprint density at radius 2 is 1.74 bits per heavy atom. The van der Waals surface area contributed by atoms with Crippen molar-refractivity contribution in [3.05, 3.63) is 36.2 Å². The molecule has 1 amide bonds. The summed E-state index contributed by atoms with van der Waals surface area (Å²) in [5.41, 5.74) is 5.40. The molecule has 170 valence electrons. The predicted octanol–water partition coefficient (Wildman–Crippen LogP) is 3.27. The van der Waals surface area contributed by atoms with E-state index < -0.39 is 9.84 Å². The lowest BCUT2D eigenvalue weighted by molar-refractivity contribution is -0.126. The molecule has 0 aromatic heterocycles. The summed E-state index contributed by atoms with van der Waals surface area (Å²) >= 11 is 0. The number of sulfone groups is 1. The van der Waals surface area contributed by atoms with Crippen molar-refractivity contribution in [3.63, 3.8) is 0 Å². The van der Waals surface area contributed by atoms with Gasteiger partial charge >= 0.3 is 0 Å². The summed E-state index contributed by atoms with van der Waals surface area (Å²) in [5, 5.41) is 3.29. The Hall–Kier alpha value is -1.93. The zero-order valence-electron chi connectivity index (χ0n) is 17.7. The van der Waals surface area contributed by atoms with E-state index in [1.54, 1.807) is 24.3 Å². The van der Waals surface area contributed by atoms with Gasteiger partial charge < -0.3 is 15.8 Å². The number of hydrogen-bond donors (Lipinski definition) is 2. The summed E-state index contributed by atoms with van der Waals surface area (Å²) < 4.78 is 44.3. The SMILES string of the molecule is NCC(=CF)COc1ccc(S(=O)(=O)CC23CCC(NC(=O)C4CC4)(CC2)CC3)cc1. The molecule has 6 nitrogen and oxygen atoms in total. The number of nitrogens with two attached hydrogens (primary N) is 1. The van der Waals surface area contributed by atoms with Crippen LogP contribution in [0.25, 0.3) is 0 Å². The van der Waals surface area contributed by atoms with Gasteiger partial charge in [0.05, 0.1) is 17.0 Å². The van der Waals surface area contributed by atoms with Gasteiger partial charge in [-0.25, -0.2) is 12.8 Å². The van der Waals surface area contributed by atoms with Crippen molar-refractivity contribution in [2.24, 2.45) is 17.1 Å². The summed E-state index contributed by atoms with van der Waals surface area (Å²) in [6.45, 7) is 0.0951. The van der Waals surface area contributed by atoms with Gasteiger partial charge in [0.1, 0.15) is 12.4 Å². The Morgan fingerprint density at radius 1 is 1.13 bits per heavy atom. The van der Waals surface area contributed by atoms with Crippen molar-refractivity contribution in [1.29, 1.82) is 0 Å². The number of nitrogens with one attached hydrogen (secondary N) is 1. The average Bonchev–Trinajstić information content (AvgIpc) is 3.61. The number of rotatable bonds is 9. The zero-order valence-corrected chi connectivity index (χ0v) is 18.6. The van der Waals surface area contributed by atoms with E-state index in [1.165, 1.54) is 0 Å². The van der Waals surface area contributed by atoms with Gasteiger partial charge in [-0.3, -0.25) is 4.79 Å². The van der Waals surface area contributed by atoms with Crippen molar-refractivity contribution >= 4 is 15.7 Å². The lowest BCUT2D eigenvalue weighted by atomic mass is 9.58. The molecule has 0 radical (unpaired) electrons. The van der Waals surface area contributed by atoms with Crippen LogP contribution in [0, 0.1) is 11.3 Å². The summed E-state index contributed by atoms with van der Waals surface area (Å²) in [4.78, 5) is 12.5. The van der Waals surface area contributed by atoms with E-state index in [9.17, 15) is 17.6 Å². The van der Waals surface area contributed by atoms with Crippen LogP contribution in [0.15, 0.2) is 41.1 Å². The first-order valence-corrected chi connectivity index (χ1v) is 12.7. The van der Waals surface area contributed by atoms with Crippen LogP contribution < -0.4 is 15.8 Å². The lowest BCUT2D eigenvalue weighted by Crippen LogP contribution is -2.58. The van der Waals surface area contributed by atoms with E-state index in [1.807, 2.05) is 0 Å². The van der Waals surface area contributed by atoms with Crippen LogP contribution in [0.1, 0.15) is 51.4 Å². The number of fused-ring (bicyclic) bond motifs is 3. The Balaban J connectivity index is 1.36. The molecule has 0 atom stereocenters. The molecule has 0 aliphatic heterocycles. The molecule has 4 aliphatic rings. The molecule has 0 unspecified atom stereocenters. The quantitative estimate of drug-likeness (QED) is 0.602.